The van der Waals surface area contributed by atoms with E-state index >= 15 is 0 Å². The van der Waals surface area contributed by atoms with Crippen molar-refractivity contribution in [3.05, 3.63) is 59.7 Å². The Morgan fingerprint density at radius 1 is 1.06 bits per heavy atom. The van der Waals surface area contributed by atoms with Crippen molar-refractivity contribution in [2.45, 2.75) is 6.18 Å². The van der Waals surface area contributed by atoms with Crippen LogP contribution in [-0.2, 0) is 15.7 Å². The predicted molar refractivity (Wildman–Crippen MR) is 108 cm³/mol. The van der Waals surface area contributed by atoms with Gasteiger partial charge in [-0.05, 0) is 30.3 Å². The van der Waals surface area contributed by atoms with Gasteiger partial charge in [-0.15, -0.1) is 0 Å². The van der Waals surface area contributed by atoms with Crippen LogP contribution in [0, 0.1) is 0 Å². The van der Waals surface area contributed by atoms with Gasteiger partial charge in [0.05, 0.1) is 23.2 Å². The molecule has 0 amide bonds. The zero-order valence-electron chi connectivity index (χ0n) is 16.3. The minimum atomic E-state index is -4.55. The van der Waals surface area contributed by atoms with E-state index in [1.165, 1.54) is 23.8 Å². The zero-order chi connectivity index (χ0) is 22.2. The molecular formula is C21H17F3N4O3. The molecule has 0 saturated heterocycles. The lowest BCUT2D eigenvalue weighted by Gasteiger charge is -2.11. The summed E-state index contributed by atoms with van der Waals surface area (Å²) < 4.78 is 51.1. The molecule has 0 atom stereocenters. The Kier molecular flexibility index (Phi) is 5.24. The summed E-state index contributed by atoms with van der Waals surface area (Å²) >= 11 is 0. The van der Waals surface area contributed by atoms with Gasteiger partial charge in [0.2, 0.25) is 0 Å². The topological polar surface area (TPSA) is 92.3 Å². The molecule has 2 aromatic carbocycles. The van der Waals surface area contributed by atoms with Gasteiger partial charge in [-0.2, -0.15) is 13.2 Å². The molecule has 0 aliphatic heterocycles. The van der Waals surface area contributed by atoms with Crippen LogP contribution < -0.4 is 5.73 Å². The molecule has 2 heterocycles. The number of ether oxygens (including phenoxy) is 2. The standard InChI is InChI=1S/C21H17F3N4O3/c1-30-9-10-31-20(29)16-17-19(27-15-8-3-2-7-14(15)26-17)28(18(16)25)13-6-4-5-12(11-13)21(22,23)24/h2-8,11H,9-10,25H2,1H3. The summed E-state index contributed by atoms with van der Waals surface area (Å²) in [6.45, 7) is 0.151. The molecule has 4 rings (SSSR count). The third kappa shape index (κ3) is 3.77. The van der Waals surface area contributed by atoms with E-state index in [2.05, 4.69) is 9.97 Å². The average molecular weight is 430 g/mol. The van der Waals surface area contributed by atoms with Crippen LogP contribution >= 0.6 is 0 Å². The quantitative estimate of drug-likeness (QED) is 0.380. The van der Waals surface area contributed by atoms with Crippen LogP contribution in [0.5, 0.6) is 0 Å². The summed E-state index contributed by atoms with van der Waals surface area (Å²) in [6, 6.07) is 11.5. The molecule has 0 bridgehead atoms. The van der Waals surface area contributed by atoms with Crippen molar-refractivity contribution in [2.24, 2.45) is 0 Å². The second-order valence-corrected chi connectivity index (χ2v) is 6.66. The van der Waals surface area contributed by atoms with Gasteiger partial charge < -0.3 is 15.2 Å². The van der Waals surface area contributed by atoms with E-state index in [4.69, 9.17) is 15.2 Å². The van der Waals surface area contributed by atoms with Crippen molar-refractivity contribution in [1.29, 1.82) is 0 Å². The van der Waals surface area contributed by atoms with Crippen molar-refractivity contribution in [3.63, 3.8) is 0 Å². The molecule has 0 aliphatic rings. The number of nitrogen functional groups attached to an aromatic ring is 1. The number of aromatic nitrogens is 3. The third-order valence-electron chi connectivity index (χ3n) is 4.65. The normalized spacial score (nSPS) is 11.9. The number of para-hydroxylation sites is 2. The van der Waals surface area contributed by atoms with E-state index in [1.807, 2.05) is 0 Å². The van der Waals surface area contributed by atoms with Gasteiger partial charge in [0.1, 0.15) is 23.5 Å². The number of nitrogens with two attached hydrogens (primary N) is 1. The summed E-state index contributed by atoms with van der Waals surface area (Å²) in [7, 11) is 1.46. The van der Waals surface area contributed by atoms with Gasteiger partial charge in [0.25, 0.3) is 0 Å². The molecule has 160 valence electrons. The van der Waals surface area contributed by atoms with Crippen LogP contribution in [0.15, 0.2) is 48.5 Å². The van der Waals surface area contributed by atoms with Crippen LogP contribution in [0.2, 0.25) is 0 Å². The summed E-state index contributed by atoms with van der Waals surface area (Å²) in [5.41, 5.74) is 6.70. The zero-order valence-corrected chi connectivity index (χ0v) is 16.3. The lowest BCUT2D eigenvalue weighted by molar-refractivity contribution is -0.137. The van der Waals surface area contributed by atoms with Crippen molar-refractivity contribution >= 4 is 34.0 Å². The molecular weight excluding hydrogens is 413 g/mol. The molecule has 2 aromatic heterocycles. The number of methoxy groups -OCH3 is 1. The summed E-state index contributed by atoms with van der Waals surface area (Å²) in [4.78, 5) is 21.7. The summed E-state index contributed by atoms with van der Waals surface area (Å²) in [5, 5.41) is 0. The average Bonchev–Trinajstić information content (AvgIpc) is 3.02. The lowest BCUT2D eigenvalue weighted by atomic mass is 10.2. The molecule has 2 N–H and O–H groups in total. The number of benzene rings is 2. The molecule has 0 fully saturated rings. The van der Waals surface area contributed by atoms with Crippen molar-refractivity contribution in [1.82, 2.24) is 14.5 Å². The lowest BCUT2D eigenvalue weighted by Crippen LogP contribution is -2.12. The summed E-state index contributed by atoms with van der Waals surface area (Å²) in [5.74, 6) is -0.887. The first kappa shape index (κ1) is 20.6. The van der Waals surface area contributed by atoms with Crippen LogP contribution in [0.1, 0.15) is 15.9 Å². The highest BCUT2D eigenvalue weighted by Gasteiger charge is 2.32. The minimum absolute atomic E-state index is 0.0218. The predicted octanol–water partition coefficient (Wildman–Crippen LogP) is 3.98. The number of nitrogens with zero attached hydrogens (tertiary/aromatic N) is 3. The maximum absolute atomic E-state index is 13.3. The fraction of sp³-hybridized carbons (Fsp3) is 0.190. The highest BCUT2D eigenvalue weighted by Crippen LogP contribution is 2.34. The molecule has 0 saturated carbocycles. The van der Waals surface area contributed by atoms with E-state index < -0.39 is 17.7 Å². The molecule has 31 heavy (non-hydrogen) atoms. The van der Waals surface area contributed by atoms with E-state index in [1.54, 1.807) is 24.3 Å². The van der Waals surface area contributed by atoms with E-state index in [-0.39, 0.29) is 41.4 Å². The number of hydrogen-bond acceptors (Lipinski definition) is 6. The fourth-order valence-electron chi connectivity index (χ4n) is 3.24. The van der Waals surface area contributed by atoms with Crippen LogP contribution in [-0.4, -0.2) is 40.8 Å². The number of rotatable bonds is 5. The number of carbonyl (C=O) groups is 1. The Balaban J connectivity index is 1.98. The van der Waals surface area contributed by atoms with Crippen LogP contribution in [0.25, 0.3) is 27.9 Å². The highest BCUT2D eigenvalue weighted by atomic mass is 19.4. The van der Waals surface area contributed by atoms with Crippen LogP contribution in [0.3, 0.4) is 0 Å². The van der Waals surface area contributed by atoms with Gasteiger partial charge in [-0.25, -0.2) is 14.8 Å². The second kappa shape index (κ2) is 7.88. The molecule has 0 radical (unpaired) electrons. The number of fused-ring (bicyclic) bond motifs is 2. The molecule has 0 spiro atoms. The molecule has 4 aromatic rings. The van der Waals surface area contributed by atoms with Gasteiger partial charge in [-0.3, -0.25) is 4.57 Å². The first-order valence-electron chi connectivity index (χ1n) is 9.21. The first-order valence-corrected chi connectivity index (χ1v) is 9.21. The SMILES string of the molecule is COCCOC(=O)c1c(N)n(-c2cccc(C(F)(F)F)c2)c2nc3ccccc3nc12. The number of anilines is 1. The second-order valence-electron chi connectivity index (χ2n) is 6.66. The molecule has 0 aliphatic carbocycles. The Morgan fingerprint density at radius 3 is 2.45 bits per heavy atom. The number of alkyl halides is 3. The fourth-order valence-corrected chi connectivity index (χ4v) is 3.24. The van der Waals surface area contributed by atoms with E-state index in [0.717, 1.165) is 12.1 Å². The molecule has 10 heteroatoms. The largest absolute Gasteiger partial charge is 0.459 e. The monoisotopic (exact) mass is 430 g/mol. The van der Waals surface area contributed by atoms with Gasteiger partial charge >= 0.3 is 12.1 Å². The summed E-state index contributed by atoms with van der Waals surface area (Å²) in [6.07, 6.45) is -4.55. The van der Waals surface area contributed by atoms with Crippen molar-refractivity contribution in [2.75, 3.05) is 26.1 Å². The van der Waals surface area contributed by atoms with Gasteiger partial charge in [0, 0.05) is 12.8 Å². The van der Waals surface area contributed by atoms with Gasteiger partial charge in [-0.1, -0.05) is 18.2 Å². The van der Waals surface area contributed by atoms with Crippen LogP contribution in [0.4, 0.5) is 19.0 Å². The van der Waals surface area contributed by atoms with E-state index in [0.29, 0.717) is 11.0 Å². The third-order valence-corrected chi connectivity index (χ3v) is 4.65. The number of hydrogen-bond donors (Lipinski definition) is 1. The van der Waals surface area contributed by atoms with Crippen molar-refractivity contribution < 1.29 is 27.4 Å². The smallest absolute Gasteiger partial charge is 0.416 e. The Bertz CT molecular complexity index is 1280. The Hall–Kier alpha value is -3.66. The number of esters is 1. The first-order chi connectivity index (χ1) is 14.8. The van der Waals surface area contributed by atoms with Crippen molar-refractivity contribution in [3.8, 4) is 5.69 Å². The maximum Gasteiger partial charge on any atom is 0.416 e. The molecule has 0 unspecified atom stereocenters. The Morgan fingerprint density at radius 2 is 1.77 bits per heavy atom. The number of halogens is 3. The maximum atomic E-state index is 13.3. The number of carbonyl (C=O) groups excluding carboxylic acids is 1. The van der Waals surface area contributed by atoms with Gasteiger partial charge in [0.15, 0.2) is 5.65 Å². The highest BCUT2D eigenvalue weighted by molar-refractivity contribution is 6.09. The Labute approximate surface area is 174 Å². The molecule has 7 nitrogen and oxygen atoms in total. The minimum Gasteiger partial charge on any atom is -0.459 e. The van der Waals surface area contributed by atoms with E-state index in [9.17, 15) is 18.0 Å².